The molecule has 0 bridgehead atoms. The van der Waals surface area contributed by atoms with E-state index < -0.39 is 0 Å². The van der Waals surface area contributed by atoms with Gasteiger partial charge in [-0.1, -0.05) is 30.3 Å². The van der Waals surface area contributed by atoms with Gasteiger partial charge in [-0.3, -0.25) is 9.69 Å². The van der Waals surface area contributed by atoms with E-state index in [1.807, 2.05) is 72.5 Å². The number of benzene rings is 2. The van der Waals surface area contributed by atoms with Crippen LogP contribution in [0.5, 0.6) is 5.75 Å². The number of ketones is 1. The van der Waals surface area contributed by atoms with Crippen LogP contribution in [-0.4, -0.2) is 50.1 Å². The van der Waals surface area contributed by atoms with Crippen LogP contribution >= 0.6 is 0 Å². The minimum absolute atomic E-state index is 0.0451. The molecule has 2 heterocycles. The maximum Gasteiger partial charge on any atom is 0.195 e. The summed E-state index contributed by atoms with van der Waals surface area (Å²) in [6, 6.07) is 20.0. The Morgan fingerprint density at radius 1 is 0.938 bits per heavy atom. The lowest BCUT2D eigenvalue weighted by Crippen LogP contribution is -2.38. The summed E-state index contributed by atoms with van der Waals surface area (Å²) in [4.78, 5) is 16.0. The quantitative estimate of drug-likeness (QED) is 0.566. The normalized spacial score (nSPS) is 16.3. The highest BCUT2D eigenvalue weighted by Gasteiger charge is 2.32. The summed E-state index contributed by atoms with van der Waals surface area (Å²) in [6.45, 7) is 4.88. The summed E-state index contributed by atoms with van der Waals surface area (Å²) in [5.41, 5.74) is 5.36. The molecule has 0 radical (unpaired) electrons. The summed E-state index contributed by atoms with van der Waals surface area (Å²) in [6.07, 6.45) is 3.97. The molecule has 5 heteroatoms. The van der Waals surface area contributed by atoms with Gasteiger partial charge in [-0.15, -0.1) is 0 Å². The average molecular weight is 428 g/mol. The van der Waals surface area contributed by atoms with Gasteiger partial charge in [0.1, 0.15) is 19.4 Å². The number of aromatic nitrogens is 1. The van der Waals surface area contributed by atoms with Gasteiger partial charge in [0.25, 0.3) is 0 Å². The van der Waals surface area contributed by atoms with Crippen molar-refractivity contribution >= 4 is 16.9 Å². The van der Waals surface area contributed by atoms with Gasteiger partial charge in [0.05, 0.1) is 18.8 Å². The highest BCUT2D eigenvalue weighted by Crippen LogP contribution is 2.42. The number of hydrogen-bond acceptors (Lipinski definition) is 4. The Morgan fingerprint density at radius 2 is 1.72 bits per heavy atom. The van der Waals surface area contributed by atoms with Crippen LogP contribution in [0, 0.1) is 0 Å². The summed E-state index contributed by atoms with van der Waals surface area (Å²) in [7, 11) is 1.97. The molecule has 162 valence electrons. The maximum absolute atomic E-state index is 13.6. The van der Waals surface area contributed by atoms with E-state index in [9.17, 15) is 4.79 Å². The Balaban J connectivity index is 1.46. The van der Waals surface area contributed by atoms with Gasteiger partial charge in [-0.2, -0.15) is 0 Å². The lowest BCUT2D eigenvalue weighted by molar-refractivity contribution is -0.671. The van der Waals surface area contributed by atoms with Crippen LogP contribution in [0.2, 0.25) is 0 Å². The van der Waals surface area contributed by atoms with Crippen LogP contribution in [0.4, 0.5) is 0 Å². The Hall–Kier alpha value is -3.28. The molecule has 5 nitrogen and oxygen atoms in total. The first-order valence-electron chi connectivity index (χ1n) is 11.1. The van der Waals surface area contributed by atoms with Crippen molar-refractivity contribution in [2.75, 3.05) is 39.5 Å². The van der Waals surface area contributed by atoms with Crippen LogP contribution in [-0.2, 0) is 11.8 Å². The van der Waals surface area contributed by atoms with Crippen molar-refractivity contribution in [3.8, 4) is 5.75 Å². The minimum Gasteiger partial charge on any atom is -0.492 e. The fourth-order valence-electron chi connectivity index (χ4n) is 4.44. The Morgan fingerprint density at radius 3 is 2.50 bits per heavy atom. The molecule has 0 spiro atoms. The highest BCUT2D eigenvalue weighted by molar-refractivity contribution is 6.41. The fraction of sp³-hybridized carbons (Fsp3) is 0.259. The molecule has 1 aliphatic heterocycles. The van der Waals surface area contributed by atoms with Crippen LogP contribution in [0.3, 0.4) is 0 Å². The van der Waals surface area contributed by atoms with Crippen LogP contribution in [0.1, 0.15) is 27.0 Å². The molecule has 1 aromatic heterocycles. The Bertz CT molecular complexity index is 1160. The van der Waals surface area contributed by atoms with Crippen molar-refractivity contribution in [2.45, 2.75) is 0 Å². The standard InChI is InChI=1S/C27H27N2O3/c1-28-11-5-8-21(19-28)26-25(20-6-3-2-4-7-20)23-10-9-22(18-24(23)27(26)30)32-17-14-29-12-15-31-16-13-29/h2-11,18-19H,12-17H2,1H3/q+1. The number of hydrogen-bond donors (Lipinski definition) is 0. The van der Waals surface area contributed by atoms with E-state index in [1.165, 1.54) is 0 Å². The minimum atomic E-state index is 0.0451. The van der Waals surface area contributed by atoms with Gasteiger partial charge in [-0.25, -0.2) is 4.57 Å². The van der Waals surface area contributed by atoms with Gasteiger partial charge in [0.15, 0.2) is 18.2 Å². The van der Waals surface area contributed by atoms with Crippen molar-refractivity contribution in [2.24, 2.45) is 7.05 Å². The zero-order valence-electron chi connectivity index (χ0n) is 18.3. The van der Waals surface area contributed by atoms with E-state index in [0.29, 0.717) is 12.2 Å². The number of carbonyl (C=O) groups is 1. The largest absolute Gasteiger partial charge is 0.492 e. The molecule has 2 aromatic carbocycles. The molecule has 1 fully saturated rings. The second kappa shape index (κ2) is 9.07. The number of morpholine rings is 1. The predicted molar refractivity (Wildman–Crippen MR) is 124 cm³/mol. The predicted octanol–water partition coefficient (Wildman–Crippen LogP) is 3.38. The monoisotopic (exact) mass is 427 g/mol. The average Bonchev–Trinajstić information content (AvgIpc) is 3.12. The van der Waals surface area contributed by atoms with Gasteiger partial charge in [0, 0.05) is 42.4 Å². The summed E-state index contributed by atoms with van der Waals surface area (Å²) >= 11 is 0. The van der Waals surface area contributed by atoms with E-state index in [0.717, 1.165) is 66.4 Å². The second-order valence-corrected chi connectivity index (χ2v) is 8.21. The summed E-state index contributed by atoms with van der Waals surface area (Å²) < 4.78 is 13.4. The summed E-state index contributed by atoms with van der Waals surface area (Å²) in [5.74, 6) is 0.779. The van der Waals surface area contributed by atoms with Gasteiger partial charge < -0.3 is 9.47 Å². The van der Waals surface area contributed by atoms with Crippen molar-refractivity contribution in [3.63, 3.8) is 0 Å². The first kappa shape index (κ1) is 20.6. The van der Waals surface area contributed by atoms with Gasteiger partial charge in [-0.05, 0) is 35.4 Å². The molecule has 2 aliphatic rings. The van der Waals surface area contributed by atoms with Crippen molar-refractivity contribution < 1.29 is 18.8 Å². The summed E-state index contributed by atoms with van der Waals surface area (Å²) in [5, 5.41) is 0. The number of fused-ring (bicyclic) bond motifs is 1. The Kier molecular flexibility index (Phi) is 5.84. The molecule has 1 saturated heterocycles. The van der Waals surface area contributed by atoms with Gasteiger partial charge >= 0.3 is 0 Å². The van der Waals surface area contributed by atoms with Crippen molar-refractivity contribution in [1.82, 2.24) is 4.90 Å². The molecule has 0 N–H and O–H groups in total. The first-order valence-corrected chi connectivity index (χ1v) is 11.1. The molecule has 0 amide bonds. The topological polar surface area (TPSA) is 42.7 Å². The molecule has 32 heavy (non-hydrogen) atoms. The molecule has 0 atom stereocenters. The number of pyridine rings is 1. The lowest BCUT2D eigenvalue weighted by Gasteiger charge is -2.26. The first-order chi connectivity index (χ1) is 15.7. The third-order valence-electron chi connectivity index (χ3n) is 6.05. The zero-order chi connectivity index (χ0) is 21.9. The molecular weight excluding hydrogens is 400 g/mol. The van der Waals surface area contributed by atoms with Crippen LogP contribution < -0.4 is 9.30 Å². The number of ether oxygens (including phenoxy) is 2. The van der Waals surface area contributed by atoms with E-state index in [1.54, 1.807) is 0 Å². The lowest BCUT2D eigenvalue weighted by atomic mass is 9.95. The third-order valence-corrected chi connectivity index (χ3v) is 6.05. The number of carbonyl (C=O) groups excluding carboxylic acids is 1. The highest BCUT2D eigenvalue weighted by atomic mass is 16.5. The van der Waals surface area contributed by atoms with Crippen LogP contribution in [0.25, 0.3) is 11.1 Å². The van der Waals surface area contributed by atoms with E-state index in [-0.39, 0.29) is 5.78 Å². The van der Waals surface area contributed by atoms with E-state index in [2.05, 4.69) is 17.0 Å². The van der Waals surface area contributed by atoms with Crippen LogP contribution in [0.15, 0.2) is 73.1 Å². The van der Waals surface area contributed by atoms with Crippen molar-refractivity contribution in [1.29, 1.82) is 0 Å². The second-order valence-electron chi connectivity index (χ2n) is 8.21. The smallest absolute Gasteiger partial charge is 0.195 e. The number of nitrogens with zero attached hydrogens (tertiary/aromatic N) is 2. The molecule has 0 unspecified atom stereocenters. The number of aryl methyl sites for hydroxylation is 1. The number of rotatable bonds is 6. The van der Waals surface area contributed by atoms with E-state index >= 15 is 0 Å². The zero-order valence-corrected chi connectivity index (χ0v) is 18.3. The van der Waals surface area contributed by atoms with E-state index in [4.69, 9.17) is 9.47 Å². The Labute approximate surface area is 188 Å². The molecule has 1 aliphatic carbocycles. The van der Waals surface area contributed by atoms with Gasteiger partial charge in [0.2, 0.25) is 0 Å². The maximum atomic E-state index is 13.6. The third kappa shape index (κ3) is 4.09. The fourth-order valence-corrected chi connectivity index (χ4v) is 4.44. The molecular formula is C27H27N2O3+. The molecule has 5 rings (SSSR count). The molecule has 0 saturated carbocycles. The molecule has 3 aromatic rings. The SMILES string of the molecule is C[n+]1cccc(C2=C(c3ccccc3)c3ccc(OCCN4CCOCC4)cc3C2=O)c1. The van der Waals surface area contributed by atoms with Crippen molar-refractivity contribution in [3.05, 3.63) is 95.3 Å². The number of Topliss-reactive ketones (excluding diaryl/α,β-unsaturated/α-hetero) is 1. The number of allylic oxidation sites excluding steroid dienone is 1.